The number of hydrogen-bond acceptors (Lipinski definition) is 1. The van der Waals surface area contributed by atoms with Crippen LogP contribution < -0.4 is 5.32 Å². The van der Waals surface area contributed by atoms with Gasteiger partial charge < -0.3 is 5.32 Å². The van der Waals surface area contributed by atoms with Crippen LogP contribution in [0.4, 0.5) is 0 Å². The molecule has 1 heteroatoms. The summed E-state index contributed by atoms with van der Waals surface area (Å²) >= 11 is 0. The van der Waals surface area contributed by atoms with Gasteiger partial charge in [0.2, 0.25) is 0 Å². The standard InChI is InChI=1S/C15H19N/c1-2-4-13-12(3-1)11-14(15(13)5-6-15)7-9-16-10-8-14/h1-4,16H,5-11H2. The van der Waals surface area contributed by atoms with Crippen LogP contribution >= 0.6 is 0 Å². The zero-order valence-electron chi connectivity index (χ0n) is 9.76. The molecule has 1 aromatic rings. The van der Waals surface area contributed by atoms with E-state index in [9.17, 15) is 0 Å². The van der Waals surface area contributed by atoms with Crippen molar-refractivity contribution in [3.05, 3.63) is 35.4 Å². The molecule has 16 heavy (non-hydrogen) atoms. The molecule has 2 fully saturated rings. The third kappa shape index (κ3) is 0.958. The van der Waals surface area contributed by atoms with Crippen molar-refractivity contribution in [1.82, 2.24) is 5.32 Å². The van der Waals surface area contributed by atoms with Crippen LogP contribution in [0.15, 0.2) is 24.3 Å². The third-order valence-corrected chi connectivity index (χ3v) is 5.39. The van der Waals surface area contributed by atoms with Crippen LogP contribution in [-0.4, -0.2) is 13.1 Å². The quantitative estimate of drug-likeness (QED) is 0.698. The molecule has 1 saturated carbocycles. The molecule has 0 bridgehead atoms. The Morgan fingerprint density at radius 3 is 2.44 bits per heavy atom. The molecule has 1 saturated heterocycles. The van der Waals surface area contributed by atoms with E-state index in [4.69, 9.17) is 0 Å². The van der Waals surface area contributed by atoms with Crippen molar-refractivity contribution in [2.75, 3.05) is 13.1 Å². The molecule has 1 aliphatic heterocycles. The second-order valence-electron chi connectivity index (χ2n) is 5.95. The summed E-state index contributed by atoms with van der Waals surface area (Å²) in [6, 6.07) is 9.22. The number of hydrogen-bond donors (Lipinski definition) is 1. The van der Waals surface area contributed by atoms with Gasteiger partial charge in [-0.2, -0.15) is 0 Å². The molecule has 0 amide bonds. The predicted molar refractivity (Wildman–Crippen MR) is 65.6 cm³/mol. The number of rotatable bonds is 0. The molecule has 0 unspecified atom stereocenters. The summed E-state index contributed by atoms with van der Waals surface area (Å²) in [6.45, 7) is 2.46. The first-order valence-electron chi connectivity index (χ1n) is 6.66. The van der Waals surface area contributed by atoms with Crippen LogP contribution in [0.1, 0.15) is 36.8 Å². The largest absolute Gasteiger partial charge is 0.317 e. The SMILES string of the molecule is c1ccc2c(c1)CC1(CCNCC1)C21CC1. The highest BCUT2D eigenvalue weighted by Gasteiger charge is 2.63. The highest BCUT2D eigenvalue weighted by atomic mass is 14.9. The lowest BCUT2D eigenvalue weighted by Crippen LogP contribution is -2.42. The maximum atomic E-state index is 3.53. The minimum Gasteiger partial charge on any atom is -0.317 e. The third-order valence-electron chi connectivity index (χ3n) is 5.39. The topological polar surface area (TPSA) is 12.0 Å². The van der Waals surface area contributed by atoms with E-state index >= 15 is 0 Å². The van der Waals surface area contributed by atoms with Gasteiger partial charge in [0, 0.05) is 5.41 Å². The lowest BCUT2D eigenvalue weighted by Gasteiger charge is -2.40. The molecule has 0 radical (unpaired) electrons. The van der Waals surface area contributed by atoms with Crippen LogP contribution in [0.5, 0.6) is 0 Å². The number of nitrogens with one attached hydrogen (secondary N) is 1. The van der Waals surface area contributed by atoms with Crippen molar-refractivity contribution in [3.63, 3.8) is 0 Å². The zero-order chi connectivity index (χ0) is 10.6. The minimum absolute atomic E-state index is 0.603. The van der Waals surface area contributed by atoms with Crippen molar-refractivity contribution in [1.29, 1.82) is 0 Å². The summed E-state index contributed by atoms with van der Waals surface area (Å²) in [6.07, 6.45) is 7.03. The second kappa shape index (κ2) is 2.89. The summed E-state index contributed by atoms with van der Waals surface area (Å²) in [5, 5.41) is 3.53. The number of piperidine rings is 1. The highest BCUT2D eigenvalue weighted by molar-refractivity contribution is 5.48. The van der Waals surface area contributed by atoms with E-state index in [1.165, 1.54) is 45.2 Å². The van der Waals surface area contributed by atoms with Gasteiger partial charge >= 0.3 is 0 Å². The van der Waals surface area contributed by atoms with E-state index in [0.717, 1.165) is 0 Å². The zero-order valence-corrected chi connectivity index (χ0v) is 9.76. The Labute approximate surface area is 97.2 Å². The molecule has 4 rings (SSSR count). The summed E-state index contributed by atoms with van der Waals surface area (Å²) in [5.74, 6) is 0. The van der Waals surface area contributed by atoms with Crippen molar-refractivity contribution >= 4 is 0 Å². The Kier molecular flexibility index (Phi) is 1.67. The fraction of sp³-hybridized carbons (Fsp3) is 0.600. The maximum absolute atomic E-state index is 3.53. The first kappa shape index (κ1) is 9.23. The molecule has 1 aromatic carbocycles. The molecule has 2 aliphatic carbocycles. The average Bonchev–Trinajstić information content (AvgIpc) is 3.08. The Morgan fingerprint density at radius 2 is 1.69 bits per heavy atom. The summed E-state index contributed by atoms with van der Waals surface area (Å²) in [7, 11) is 0. The number of benzene rings is 1. The Balaban J connectivity index is 1.84. The van der Waals surface area contributed by atoms with Gasteiger partial charge in [-0.15, -0.1) is 0 Å². The van der Waals surface area contributed by atoms with Crippen LogP contribution in [0.3, 0.4) is 0 Å². The maximum Gasteiger partial charge on any atom is 0.00169 e. The molecular weight excluding hydrogens is 194 g/mol. The lowest BCUT2D eigenvalue weighted by molar-refractivity contribution is 0.156. The molecule has 0 aromatic heterocycles. The van der Waals surface area contributed by atoms with Gasteiger partial charge in [-0.1, -0.05) is 24.3 Å². The molecule has 1 heterocycles. The average molecular weight is 213 g/mol. The van der Waals surface area contributed by atoms with E-state index in [0.29, 0.717) is 10.8 Å². The minimum atomic E-state index is 0.603. The molecule has 2 spiro atoms. The Morgan fingerprint density at radius 1 is 0.938 bits per heavy atom. The van der Waals surface area contributed by atoms with Crippen molar-refractivity contribution in [2.24, 2.45) is 5.41 Å². The molecule has 0 atom stereocenters. The summed E-state index contributed by atoms with van der Waals surface area (Å²) in [5.41, 5.74) is 4.59. The van der Waals surface area contributed by atoms with Crippen LogP contribution in [-0.2, 0) is 11.8 Å². The summed E-state index contributed by atoms with van der Waals surface area (Å²) in [4.78, 5) is 0. The van der Waals surface area contributed by atoms with Gasteiger partial charge in [0.1, 0.15) is 0 Å². The summed E-state index contributed by atoms with van der Waals surface area (Å²) < 4.78 is 0. The van der Waals surface area contributed by atoms with Gasteiger partial charge in [0.15, 0.2) is 0 Å². The van der Waals surface area contributed by atoms with Crippen LogP contribution in [0.25, 0.3) is 0 Å². The van der Waals surface area contributed by atoms with Gasteiger partial charge in [0.05, 0.1) is 0 Å². The number of fused-ring (bicyclic) bond motifs is 3. The monoisotopic (exact) mass is 213 g/mol. The first-order valence-corrected chi connectivity index (χ1v) is 6.66. The fourth-order valence-electron chi connectivity index (χ4n) is 4.45. The fourth-order valence-corrected chi connectivity index (χ4v) is 4.45. The predicted octanol–water partition coefficient (Wildman–Crippen LogP) is 2.64. The molecule has 1 N–H and O–H groups in total. The second-order valence-corrected chi connectivity index (χ2v) is 5.95. The van der Waals surface area contributed by atoms with Crippen molar-refractivity contribution in [3.8, 4) is 0 Å². The van der Waals surface area contributed by atoms with E-state index in [2.05, 4.69) is 29.6 Å². The van der Waals surface area contributed by atoms with Crippen molar-refractivity contribution in [2.45, 2.75) is 37.5 Å². The van der Waals surface area contributed by atoms with Gasteiger partial charge in [0.25, 0.3) is 0 Å². The Bertz CT molecular complexity index is 425. The van der Waals surface area contributed by atoms with Crippen LogP contribution in [0.2, 0.25) is 0 Å². The van der Waals surface area contributed by atoms with E-state index in [1.54, 1.807) is 11.1 Å². The molecular formula is C15H19N. The molecule has 84 valence electrons. The van der Waals surface area contributed by atoms with Gasteiger partial charge in [-0.05, 0) is 61.7 Å². The Hall–Kier alpha value is -0.820. The van der Waals surface area contributed by atoms with Crippen LogP contribution in [0, 0.1) is 5.41 Å². The normalized spacial score (nSPS) is 28.2. The molecule has 3 aliphatic rings. The smallest absolute Gasteiger partial charge is 0.00169 e. The van der Waals surface area contributed by atoms with Gasteiger partial charge in [-0.3, -0.25) is 0 Å². The van der Waals surface area contributed by atoms with E-state index in [-0.39, 0.29) is 0 Å². The van der Waals surface area contributed by atoms with E-state index in [1.807, 2.05) is 0 Å². The lowest BCUT2D eigenvalue weighted by atomic mass is 9.67. The molecule has 1 nitrogen and oxygen atoms in total. The first-order chi connectivity index (χ1) is 7.86. The van der Waals surface area contributed by atoms with Gasteiger partial charge in [-0.25, -0.2) is 0 Å². The van der Waals surface area contributed by atoms with E-state index < -0.39 is 0 Å². The van der Waals surface area contributed by atoms with Crippen molar-refractivity contribution < 1.29 is 0 Å². The highest BCUT2D eigenvalue weighted by Crippen LogP contribution is 2.68.